The van der Waals surface area contributed by atoms with Crippen LogP contribution >= 0.6 is 24.0 Å². The molecule has 0 aliphatic carbocycles. The highest BCUT2D eigenvalue weighted by molar-refractivity contribution is 7.79. The smallest absolute Gasteiger partial charge is 0.107 e. The van der Waals surface area contributed by atoms with Crippen molar-refractivity contribution in [1.82, 2.24) is 9.88 Å². The van der Waals surface area contributed by atoms with E-state index in [2.05, 4.69) is 38.3 Å². The summed E-state index contributed by atoms with van der Waals surface area (Å²) < 4.78 is 0. The highest BCUT2D eigenvalue weighted by Gasteiger charge is 2.21. The molecule has 1 aliphatic rings. The molecule has 0 N–H and O–H groups in total. The van der Waals surface area contributed by atoms with Gasteiger partial charge in [0.05, 0.1) is 12.2 Å². The lowest BCUT2D eigenvalue weighted by atomic mass is 10.0. The Bertz CT molecular complexity index is 387. The number of thiazole rings is 1. The quantitative estimate of drug-likeness (QED) is 0.839. The first-order valence-corrected chi connectivity index (χ1v) is 8.40. The molecule has 1 fully saturated rings. The molecular formula is C14H24N2S2. The van der Waals surface area contributed by atoms with Gasteiger partial charge in [0.1, 0.15) is 5.01 Å². The zero-order valence-corrected chi connectivity index (χ0v) is 13.4. The molecule has 1 saturated heterocycles. The van der Waals surface area contributed by atoms with E-state index in [9.17, 15) is 0 Å². The van der Waals surface area contributed by atoms with Crippen LogP contribution in [0.25, 0.3) is 0 Å². The maximum Gasteiger partial charge on any atom is 0.107 e. The summed E-state index contributed by atoms with van der Waals surface area (Å²) in [4.78, 5) is 8.77. The summed E-state index contributed by atoms with van der Waals surface area (Å²) >= 11 is 6.28. The second-order valence-corrected chi connectivity index (χ2v) is 7.03. The predicted molar refractivity (Wildman–Crippen MR) is 82.6 cm³/mol. The molecule has 1 aliphatic heterocycles. The Hall–Kier alpha value is -0.0600. The van der Waals surface area contributed by atoms with E-state index in [1.807, 2.05) is 11.3 Å². The van der Waals surface area contributed by atoms with Gasteiger partial charge in [-0.2, -0.15) is 12.6 Å². The van der Waals surface area contributed by atoms with Crippen LogP contribution in [0, 0.1) is 0 Å². The fourth-order valence-electron chi connectivity index (χ4n) is 2.61. The van der Waals surface area contributed by atoms with E-state index in [0.717, 1.165) is 12.3 Å². The van der Waals surface area contributed by atoms with Crippen LogP contribution in [-0.2, 0) is 12.3 Å². The van der Waals surface area contributed by atoms with Gasteiger partial charge in [-0.25, -0.2) is 4.98 Å². The highest BCUT2D eigenvalue weighted by Crippen LogP contribution is 2.28. The van der Waals surface area contributed by atoms with Crippen LogP contribution in [0.5, 0.6) is 0 Å². The second-order valence-electron chi connectivity index (χ2n) is 5.54. The molecule has 102 valence electrons. The van der Waals surface area contributed by atoms with Gasteiger partial charge in [0, 0.05) is 16.7 Å². The van der Waals surface area contributed by atoms with Crippen molar-refractivity contribution in [3.05, 3.63) is 15.6 Å². The molecule has 1 atom stereocenters. The number of likely N-dealkylation sites (tertiary alicyclic amines) is 1. The van der Waals surface area contributed by atoms with Crippen molar-refractivity contribution in [1.29, 1.82) is 0 Å². The molecule has 0 bridgehead atoms. The zero-order chi connectivity index (χ0) is 13.1. The summed E-state index contributed by atoms with van der Waals surface area (Å²) in [6.07, 6.45) is 4.06. The SMILES string of the molecule is CC(C)c1nc(CN2CCCCC2C)sc1CS. The lowest BCUT2D eigenvalue weighted by molar-refractivity contribution is 0.152. The second kappa shape index (κ2) is 6.40. The van der Waals surface area contributed by atoms with Crippen molar-refractivity contribution < 1.29 is 0 Å². The van der Waals surface area contributed by atoms with E-state index in [1.54, 1.807) is 0 Å². The van der Waals surface area contributed by atoms with Gasteiger partial charge in [0.15, 0.2) is 0 Å². The Balaban J connectivity index is 2.09. The Labute approximate surface area is 120 Å². The van der Waals surface area contributed by atoms with Crippen molar-refractivity contribution in [2.75, 3.05) is 6.54 Å². The molecular weight excluding hydrogens is 260 g/mol. The summed E-state index contributed by atoms with van der Waals surface area (Å²) in [7, 11) is 0. The number of rotatable bonds is 4. The maximum absolute atomic E-state index is 4.84. The van der Waals surface area contributed by atoms with E-state index in [-0.39, 0.29) is 0 Å². The molecule has 0 aromatic carbocycles. The Morgan fingerprint density at radius 1 is 1.44 bits per heavy atom. The van der Waals surface area contributed by atoms with Gasteiger partial charge < -0.3 is 0 Å². The minimum Gasteiger partial charge on any atom is -0.294 e. The number of piperidine rings is 1. The molecule has 0 saturated carbocycles. The fourth-order valence-corrected chi connectivity index (χ4v) is 4.08. The lowest BCUT2D eigenvalue weighted by Gasteiger charge is -2.32. The summed E-state index contributed by atoms with van der Waals surface area (Å²) in [5.74, 6) is 1.33. The van der Waals surface area contributed by atoms with E-state index in [1.165, 1.54) is 41.4 Å². The molecule has 1 aromatic rings. The van der Waals surface area contributed by atoms with Crippen LogP contribution in [0.2, 0.25) is 0 Å². The molecule has 2 nitrogen and oxygen atoms in total. The van der Waals surface area contributed by atoms with E-state index in [4.69, 9.17) is 4.98 Å². The molecule has 4 heteroatoms. The van der Waals surface area contributed by atoms with Crippen molar-refractivity contribution >= 4 is 24.0 Å². The van der Waals surface area contributed by atoms with Crippen molar-refractivity contribution in [2.45, 2.75) is 64.3 Å². The molecule has 2 heterocycles. The van der Waals surface area contributed by atoms with Gasteiger partial charge in [0.25, 0.3) is 0 Å². The summed E-state index contributed by atoms with van der Waals surface area (Å²) in [5.41, 5.74) is 1.26. The molecule has 2 rings (SSSR count). The van der Waals surface area contributed by atoms with Crippen LogP contribution in [0.15, 0.2) is 0 Å². The molecule has 18 heavy (non-hydrogen) atoms. The largest absolute Gasteiger partial charge is 0.294 e. The summed E-state index contributed by atoms with van der Waals surface area (Å²) in [6, 6.07) is 0.713. The van der Waals surface area contributed by atoms with Crippen molar-refractivity contribution in [3.63, 3.8) is 0 Å². The first kappa shape index (κ1) is 14.4. The number of aromatic nitrogens is 1. The van der Waals surface area contributed by atoms with E-state index in [0.29, 0.717) is 12.0 Å². The van der Waals surface area contributed by atoms with E-state index < -0.39 is 0 Å². The minimum atomic E-state index is 0.510. The van der Waals surface area contributed by atoms with Gasteiger partial charge in [-0.05, 0) is 32.2 Å². The average molecular weight is 284 g/mol. The molecule has 1 unspecified atom stereocenters. The first-order chi connectivity index (χ1) is 8.61. The molecule has 0 radical (unpaired) electrons. The summed E-state index contributed by atoms with van der Waals surface area (Å²) in [6.45, 7) is 9.04. The summed E-state index contributed by atoms with van der Waals surface area (Å²) in [5, 5.41) is 1.27. The van der Waals surface area contributed by atoms with Gasteiger partial charge in [-0.15, -0.1) is 11.3 Å². The van der Waals surface area contributed by atoms with Gasteiger partial charge in [-0.1, -0.05) is 20.3 Å². The zero-order valence-electron chi connectivity index (χ0n) is 11.6. The van der Waals surface area contributed by atoms with Gasteiger partial charge in [-0.3, -0.25) is 4.90 Å². The maximum atomic E-state index is 4.84. The van der Waals surface area contributed by atoms with Crippen LogP contribution in [0.3, 0.4) is 0 Å². The normalized spacial score (nSPS) is 21.7. The molecule has 1 aromatic heterocycles. The lowest BCUT2D eigenvalue weighted by Crippen LogP contribution is -2.36. The third kappa shape index (κ3) is 3.28. The Morgan fingerprint density at radius 2 is 2.22 bits per heavy atom. The number of hydrogen-bond donors (Lipinski definition) is 1. The monoisotopic (exact) mass is 284 g/mol. The molecule has 0 spiro atoms. The topological polar surface area (TPSA) is 16.1 Å². The van der Waals surface area contributed by atoms with Crippen LogP contribution in [-0.4, -0.2) is 22.5 Å². The third-order valence-electron chi connectivity index (χ3n) is 3.74. The number of thiol groups is 1. The van der Waals surface area contributed by atoms with E-state index >= 15 is 0 Å². The fraction of sp³-hybridized carbons (Fsp3) is 0.786. The van der Waals surface area contributed by atoms with Crippen LogP contribution in [0.1, 0.15) is 61.5 Å². The molecule has 0 amide bonds. The minimum absolute atomic E-state index is 0.510. The van der Waals surface area contributed by atoms with Crippen molar-refractivity contribution in [3.8, 4) is 0 Å². The number of hydrogen-bond acceptors (Lipinski definition) is 4. The average Bonchev–Trinajstić information content (AvgIpc) is 2.75. The van der Waals surface area contributed by atoms with Crippen LogP contribution < -0.4 is 0 Å². The first-order valence-electron chi connectivity index (χ1n) is 6.95. The third-order valence-corrected chi connectivity index (χ3v) is 5.33. The van der Waals surface area contributed by atoms with Gasteiger partial charge >= 0.3 is 0 Å². The highest BCUT2D eigenvalue weighted by atomic mass is 32.1. The van der Waals surface area contributed by atoms with Crippen LogP contribution in [0.4, 0.5) is 0 Å². The Kier molecular flexibility index (Phi) is 5.10. The number of nitrogens with zero attached hydrogens (tertiary/aromatic N) is 2. The Morgan fingerprint density at radius 3 is 2.78 bits per heavy atom. The van der Waals surface area contributed by atoms with Crippen molar-refractivity contribution in [2.24, 2.45) is 0 Å². The predicted octanol–water partition coefficient (Wildman–Crippen LogP) is 4.07. The standard InChI is InChI=1S/C14H24N2S2/c1-10(2)14-12(9-17)18-13(15-14)8-16-7-5-4-6-11(16)3/h10-11,17H,4-9H2,1-3H3. The van der Waals surface area contributed by atoms with Gasteiger partial charge in [0.2, 0.25) is 0 Å².